The van der Waals surface area contributed by atoms with Crippen LogP contribution in [0.2, 0.25) is 0 Å². The summed E-state index contributed by atoms with van der Waals surface area (Å²) in [5, 5.41) is 11.5. The maximum Gasteiger partial charge on any atom is 0.321 e. The molecule has 0 aliphatic carbocycles. The minimum absolute atomic E-state index is 0.0442. The minimum atomic E-state index is -0.234. The summed E-state index contributed by atoms with van der Waals surface area (Å²) in [7, 11) is 1.60. The Hall–Kier alpha value is -2.01. The first-order chi connectivity index (χ1) is 9.22. The van der Waals surface area contributed by atoms with E-state index in [2.05, 4.69) is 5.32 Å². The largest absolute Gasteiger partial charge is 0.496 e. The summed E-state index contributed by atoms with van der Waals surface area (Å²) >= 11 is 0. The molecule has 0 aromatic heterocycles. The highest BCUT2D eigenvalue weighted by Crippen LogP contribution is 2.18. The Morgan fingerprint density at radius 2 is 2.21 bits per heavy atom. The van der Waals surface area contributed by atoms with E-state index in [9.17, 15) is 4.79 Å². The number of carbonyl (C=O) groups is 1. The van der Waals surface area contributed by atoms with Gasteiger partial charge in [0, 0.05) is 24.9 Å². The highest BCUT2D eigenvalue weighted by Gasteiger charge is 2.08. The maximum absolute atomic E-state index is 11.7. The molecule has 2 N–H and O–H groups in total. The Bertz CT molecular complexity index is 432. The lowest BCUT2D eigenvalue weighted by molar-refractivity contribution is 0.183. The van der Waals surface area contributed by atoms with Crippen LogP contribution in [0.4, 0.5) is 4.79 Å². The number of urea groups is 1. The summed E-state index contributed by atoms with van der Waals surface area (Å²) in [5.74, 6) is 0.746. The van der Waals surface area contributed by atoms with E-state index < -0.39 is 0 Å². The lowest BCUT2D eigenvalue weighted by Gasteiger charge is -2.18. The summed E-state index contributed by atoms with van der Waals surface area (Å²) in [6.45, 7) is 2.69. The van der Waals surface area contributed by atoms with E-state index in [1.165, 1.54) is 4.90 Å². The van der Waals surface area contributed by atoms with Crippen LogP contribution in [-0.4, -0.2) is 42.8 Å². The van der Waals surface area contributed by atoms with E-state index in [1.807, 2.05) is 31.2 Å². The first-order valence-corrected chi connectivity index (χ1v) is 6.18. The highest BCUT2D eigenvalue weighted by molar-refractivity contribution is 5.76. The molecule has 104 valence electrons. The molecule has 19 heavy (non-hydrogen) atoms. The maximum atomic E-state index is 11.7. The van der Waals surface area contributed by atoms with Crippen LogP contribution in [0.25, 0.3) is 6.08 Å². The predicted octanol–water partition coefficient (Wildman–Crippen LogP) is 1.69. The van der Waals surface area contributed by atoms with Crippen molar-refractivity contribution < 1.29 is 14.6 Å². The van der Waals surface area contributed by atoms with Crippen LogP contribution in [0.5, 0.6) is 5.75 Å². The second-order valence-electron chi connectivity index (χ2n) is 3.83. The van der Waals surface area contributed by atoms with E-state index >= 15 is 0 Å². The molecule has 0 aliphatic rings. The molecule has 0 atom stereocenters. The number of aliphatic hydroxyl groups is 1. The lowest BCUT2D eigenvalue weighted by atomic mass is 10.2. The number of nitrogens with zero attached hydrogens (tertiary/aromatic N) is 1. The second-order valence-corrected chi connectivity index (χ2v) is 3.83. The standard InChI is InChI=1S/C14H20N2O3/c1-3-16(10-11-17)14(18)15-9-8-12-6-4-5-7-13(12)19-2/h4-9,17H,3,10-11H2,1-2H3,(H,15,18)/b9-8+. The highest BCUT2D eigenvalue weighted by atomic mass is 16.5. The van der Waals surface area contributed by atoms with Crippen LogP contribution >= 0.6 is 0 Å². The molecule has 0 fully saturated rings. The summed E-state index contributed by atoms with van der Waals surface area (Å²) in [6.07, 6.45) is 3.34. The van der Waals surface area contributed by atoms with Gasteiger partial charge in [-0.2, -0.15) is 0 Å². The number of methoxy groups -OCH3 is 1. The van der Waals surface area contributed by atoms with Crippen molar-refractivity contribution in [1.82, 2.24) is 10.2 Å². The smallest absolute Gasteiger partial charge is 0.321 e. The van der Waals surface area contributed by atoms with Crippen LogP contribution in [0, 0.1) is 0 Å². The van der Waals surface area contributed by atoms with Crippen LogP contribution in [0.3, 0.4) is 0 Å². The number of para-hydroxylation sites is 1. The number of hydrogen-bond acceptors (Lipinski definition) is 3. The van der Waals surface area contributed by atoms with Gasteiger partial charge < -0.3 is 20.1 Å². The van der Waals surface area contributed by atoms with E-state index in [4.69, 9.17) is 9.84 Å². The Morgan fingerprint density at radius 3 is 2.84 bits per heavy atom. The molecular formula is C14H20N2O3. The molecule has 0 radical (unpaired) electrons. The minimum Gasteiger partial charge on any atom is -0.496 e. The Kier molecular flexibility index (Phi) is 6.46. The first-order valence-electron chi connectivity index (χ1n) is 6.18. The van der Waals surface area contributed by atoms with Crippen LogP contribution in [0.15, 0.2) is 30.5 Å². The molecule has 0 unspecified atom stereocenters. The van der Waals surface area contributed by atoms with E-state index in [0.717, 1.165) is 11.3 Å². The molecule has 5 nitrogen and oxygen atoms in total. The van der Waals surface area contributed by atoms with Crippen LogP contribution in [-0.2, 0) is 0 Å². The first kappa shape index (κ1) is 15.0. The third kappa shape index (κ3) is 4.63. The average Bonchev–Trinajstić information content (AvgIpc) is 2.45. The van der Waals surface area contributed by atoms with Gasteiger partial charge in [-0.3, -0.25) is 0 Å². The predicted molar refractivity (Wildman–Crippen MR) is 74.9 cm³/mol. The molecule has 1 aromatic carbocycles. The second kappa shape index (κ2) is 8.16. The molecule has 1 aromatic rings. The van der Waals surface area contributed by atoms with Gasteiger partial charge in [-0.1, -0.05) is 18.2 Å². The zero-order valence-corrected chi connectivity index (χ0v) is 11.3. The Labute approximate surface area is 113 Å². The number of aliphatic hydroxyl groups excluding tert-OH is 1. The molecule has 5 heteroatoms. The SMILES string of the molecule is CCN(CCO)C(=O)N/C=C/c1ccccc1OC. The number of hydrogen-bond donors (Lipinski definition) is 2. The molecule has 0 saturated carbocycles. The number of likely N-dealkylation sites (N-methyl/N-ethyl adjacent to an activating group) is 1. The van der Waals surface area contributed by atoms with Crippen molar-refractivity contribution in [3.05, 3.63) is 36.0 Å². The Balaban J connectivity index is 2.60. The monoisotopic (exact) mass is 264 g/mol. The third-order valence-electron chi connectivity index (χ3n) is 2.65. The summed E-state index contributed by atoms with van der Waals surface area (Å²) in [5.41, 5.74) is 0.885. The number of ether oxygens (including phenoxy) is 1. The van der Waals surface area contributed by atoms with Crippen molar-refractivity contribution in [3.63, 3.8) is 0 Å². The van der Waals surface area contributed by atoms with Gasteiger partial charge in [0.15, 0.2) is 0 Å². The molecule has 0 heterocycles. The molecular weight excluding hydrogens is 244 g/mol. The van der Waals surface area contributed by atoms with Gasteiger partial charge in [-0.15, -0.1) is 0 Å². The zero-order chi connectivity index (χ0) is 14.1. The number of rotatable bonds is 6. The number of carbonyl (C=O) groups excluding carboxylic acids is 1. The van der Waals surface area contributed by atoms with Gasteiger partial charge >= 0.3 is 6.03 Å². The van der Waals surface area contributed by atoms with Gasteiger partial charge in [0.05, 0.1) is 13.7 Å². The van der Waals surface area contributed by atoms with Crippen molar-refractivity contribution in [2.24, 2.45) is 0 Å². The number of benzene rings is 1. The van der Waals surface area contributed by atoms with E-state index in [-0.39, 0.29) is 12.6 Å². The lowest BCUT2D eigenvalue weighted by Crippen LogP contribution is -2.39. The summed E-state index contributed by atoms with van der Waals surface area (Å²) < 4.78 is 5.20. The van der Waals surface area contributed by atoms with Crippen molar-refractivity contribution in [3.8, 4) is 5.75 Å². The van der Waals surface area contributed by atoms with Crippen molar-refractivity contribution in [2.45, 2.75) is 6.92 Å². The quantitative estimate of drug-likeness (QED) is 0.822. The van der Waals surface area contributed by atoms with E-state index in [1.54, 1.807) is 19.4 Å². The zero-order valence-electron chi connectivity index (χ0n) is 11.3. The molecule has 0 aliphatic heterocycles. The molecule has 1 rings (SSSR count). The fourth-order valence-corrected chi connectivity index (χ4v) is 1.62. The van der Waals surface area contributed by atoms with Gasteiger partial charge in [-0.25, -0.2) is 4.79 Å². The normalized spacial score (nSPS) is 10.5. The van der Waals surface area contributed by atoms with Gasteiger partial charge in [0.2, 0.25) is 0 Å². The van der Waals surface area contributed by atoms with Crippen molar-refractivity contribution >= 4 is 12.1 Å². The summed E-state index contributed by atoms with van der Waals surface area (Å²) in [4.78, 5) is 13.3. The average molecular weight is 264 g/mol. The van der Waals surface area contributed by atoms with Gasteiger partial charge in [-0.05, 0) is 19.1 Å². The van der Waals surface area contributed by atoms with Gasteiger partial charge in [0.1, 0.15) is 5.75 Å². The molecule has 0 saturated heterocycles. The molecule has 0 spiro atoms. The topological polar surface area (TPSA) is 61.8 Å². The number of nitrogens with one attached hydrogen (secondary N) is 1. The molecule has 2 amide bonds. The fourth-order valence-electron chi connectivity index (χ4n) is 1.62. The van der Waals surface area contributed by atoms with Crippen molar-refractivity contribution in [1.29, 1.82) is 0 Å². The van der Waals surface area contributed by atoms with Gasteiger partial charge in [0.25, 0.3) is 0 Å². The van der Waals surface area contributed by atoms with Crippen molar-refractivity contribution in [2.75, 3.05) is 26.8 Å². The summed E-state index contributed by atoms with van der Waals surface area (Å²) in [6, 6.07) is 7.30. The Morgan fingerprint density at radius 1 is 1.47 bits per heavy atom. The van der Waals surface area contributed by atoms with Crippen LogP contribution < -0.4 is 10.1 Å². The van der Waals surface area contributed by atoms with Crippen LogP contribution in [0.1, 0.15) is 12.5 Å². The fraction of sp³-hybridized carbons (Fsp3) is 0.357. The van der Waals surface area contributed by atoms with E-state index in [0.29, 0.717) is 13.1 Å². The number of amides is 2. The molecule has 0 bridgehead atoms. The third-order valence-corrected chi connectivity index (χ3v) is 2.65.